The van der Waals surface area contributed by atoms with Crippen LogP contribution in [-0.4, -0.2) is 38.0 Å². The number of hydrogen-bond acceptors (Lipinski definition) is 8. The molecule has 1 aliphatic rings. The predicted molar refractivity (Wildman–Crippen MR) is 103 cm³/mol. The average molecular weight is 414 g/mol. The summed E-state index contributed by atoms with van der Waals surface area (Å²) in [5.74, 6) is 0.609. The number of hydrogen-bond donors (Lipinski definition) is 2. The van der Waals surface area contributed by atoms with Gasteiger partial charge in [0, 0.05) is 6.04 Å². The first kappa shape index (κ1) is 24.3. The molecule has 10 heteroatoms. The summed E-state index contributed by atoms with van der Waals surface area (Å²) in [5, 5.41) is 0. The summed E-state index contributed by atoms with van der Waals surface area (Å²) < 4.78 is 48.5. The van der Waals surface area contributed by atoms with E-state index in [9.17, 15) is 9.13 Å². The molecular formula is C16H36N2O6P2. The topological polar surface area (TPSA) is 95.1 Å². The Hall–Kier alpha value is 0.220. The Morgan fingerprint density at radius 2 is 1.35 bits per heavy atom. The van der Waals surface area contributed by atoms with Crippen molar-refractivity contribution in [2.45, 2.75) is 71.9 Å². The summed E-state index contributed by atoms with van der Waals surface area (Å²) in [6, 6.07) is 0.189. The monoisotopic (exact) mass is 414 g/mol. The molecule has 26 heavy (non-hydrogen) atoms. The van der Waals surface area contributed by atoms with Crippen LogP contribution in [0.25, 0.3) is 0 Å². The fraction of sp³-hybridized carbons (Fsp3) is 1.00. The molecule has 1 fully saturated rings. The fourth-order valence-corrected chi connectivity index (χ4v) is 7.97. The van der Waals surface area contributed by atoms with Gasteiger partial charge in [-0.3, -0.25) is 14.6 Å². The molecule has 1 saturated carbocycles. The molecule has 0 aromatic carbocycles. The van der Waals surface area contributed by atoms with Crippen molar-refractivity contribution in [1.82, 2.24) is 10.9 Å². The van der Waals surface area contributed by atoms with E-state index in [-0.39, 0.29) is 32.5 Å². The predicted octanol–water partition coefficient (Wildman–Crippen LogP) is 4.48. The third kappa shape index (κ3) is 6.99. The largest absolute Gasteiger partial charge is 0.361 e. The molecule has 0 spiro atoms. The van der Waals surface area contributed by atoms with Gasteiger partial charge >= 0.3 is 15.2 Å². The Bertz CT molecular complexity index is 443. The van der Waals surface area contributed by atoms with Gasteiger partial charge in [-0.25, -0.2) is 5.43 Å². The van der Waals surface area contributed by atoms with Crippen LogP contribution in [0.1, 0.15) is 60.3 Å². The lowest BCUT2D eigenvalue weighted by molar-refractivity contribution is 0.182. The average Bonchev–Trinajstić information content (AvgIpc) is 2.55. The maximum atomic E-state index is 13.4. The van der Waals surface area contributed by atoms with Gasteiger partial charge in [-0.2, -0.15) is 0 Å². The Labute approximate surface area is 158 Å². The Kier molecular flexibility index (Phi) is 11.1. The van der Waals surface area contributed by atoms with Gasteiger partial charge in [0.05, 0.1) is 26.4 Å². The van der Waals surface area contributed by atoms with E-state index >= 15 is 0 Å². The van der Waals surface area contributed by atoms with E-state index < -0.39 is 20.7 Å². The second-order valence-electron chi connectivity index (χ2n) is 6.38. The second-order valence-corrected chi connectivity index (χ2v) is 11.0. The highest BCUT2D eigenvalue weighted by Crippen LogP contribution is 2.69. The molecule has 0 aromatic heterocycles. The van der Waals surface area contributed by atoms with Crippen LogP contribution in [0.2, 0.25) is 0 Å². The first-order chi connectivity index (χ1) is 12.3. The highest BCUT2D eigenvalue weighted by molar-refractivity contribution is 7.72. The van der Waals surface area contributed by atoms with Crippen molar-refractivity contribution in [2.75, 3.05) is 26.4 Å². The first-order valence-corrected chi connectivity index (χ1v) is 12.9. The lowest BCUT2D eigenvalue weighted by Crippen LogP contribution is -2.48. The SMILES string of the molecule is CCOP(=O)(OCC)C(NNC1CCCC(C)C1)P(=O)(OCC)OCC. The zero-order valence-electron chi connectivity index (χ0n) is 16.7. The highest BCUT2D eigenvalue weighted by atomic mass is 31.2. The molecular weight excluding hydrogens is 378 g/mol. The van der Waals surface area contributed by atoms with E-state index in [0.29, 0.717) is 5.92 Å². The molecule has 8 nitrogen and oxygen atoms in total. The van der Waals surface area contributed by atoms with Gasteiger partial charge in [0.1, 0.15) is 0 Å². The third-order valence-electron chi connectivity index (χ3n) is 4.19. The maximum absolute atomic E-state index is 13.4. The number of hydrazine groups is 1. The van der Waals surface area contributed by atoms with Crippen molar-refractivity contribution in [3.8, 4) is 0 Å². The molecule has 0 heterocycles. The van der Waals surface area contributed by atoms with E-state index in [4.69, 9.17) is 18.1 Å². The van der Waals surface area contributed by atoms with Crippen LogP contribution in [0.3, 0.4) is 0 Å². The normalized spacial score (nSPS) is 22.1. The fourth-order valence-electron chi connectivity index (χ4n) is 3.17. The molecule has 0 radical (unpaired) electrons. The highest BCUT2D eigenvalue weighted by Gasteiger charge is 2.51. The van der Waals surface area contributed by atoms with Crippen LogP contribution in [-0.2, 0) is 27.2 Å². The molecule has 0 bridgehead atoms. The van der Waals surface area contributed by atoms with Gasteiger partial charge in [0.2, 0.25) is 5.52 Å². The van der Waals surface area contributed by atoms with Crippen LogP contribution >= 0.6 is 15.2 Å². The molecule has 0 amide bonds. The van der Waals surface area contributed by atoms with Gasteiger partial charge in [0.25, 0.3) is 0 Å². The zero-order valence-corrected chi connectivity index (χ0v) is 18.5. The molecule has 156 valence electrons. The number of nitrogens with one attached hydrogen (secondary N) is 2. The van der Waals surface area contributed by atoms with Crippen molar-refractivity contribution in [3.05, 3.63) is 0 Å². The van der Waals surface area contributed by atoms with E-state index in [1.165, 1.54) is 6.42 Å². The van der Waals surface area contributed by atoms with Crippen molar-refractivity contribution in [1.29, 1.82) is 0 Å². The van der Waals surface area contributed by atoms with Crippen molar-refractivity contribution < 1.29 is 27.2 Å². The van der Waals surface area contributed by atoms with Gasteiger partial charge in [0.15, 0.2) is 0 Å². The van der Waals surface area contributed by atoms with E-state index in [2.05, 4.69) is 17.8 Å². The quantitative estimate of drug-likeness (QED) is 0.337. The molecule has 2 unspecified atom stereocenters. The molecule has 2 atom stereocenters. The van der Waals surface area contributed by atoms with Crippen LogP contribution in [0.15, 0.2) is 0 Å². The summed E-state index contributed by atoms with van der Waals surface area (Å²) in [6.45, 7) is 9.71. The Morgan fingerprint density at radius 1 is 0.885 bits per heavy atom. The lowest BCUT2D eigenvalue weighted by atomic mass is 9.87. The molecule has 1 aliphatic carbocycles. The van der Waals surface area contributed by atoms with Gasteiger partial charge in [-0.15, -0.1) is 0 Å². The van der Waals surface area contributed by atoms with Crippen molar-refractivity contribution in [3.63, 3.8) is 0 Å². The summed E-state index contributed by atoms with van der Waals surface area (Å²) in [7, 11) is -7.56. The molecule has 0 aromatic rings. The van der Waals surface area contributed by atoms with Crippen LogP contribution in [0.5, 0.6) is 0 Å². The molecule has 0 aliphatic heterocycles. The molecule has 2 N–H and O–H groups in total. The van der Waals surface area contributed by atoms with Crippen LogP contribution in [0, 0.1) is 5.92 Å². The van der Waals surface area contributed by atoms with E-state index in [0.717, 1.165) is 19.3 Å². The molecule has 0 saturated heterocycles. The Morgan fingerprint density at radius 3 is 1.73 bits per heavy atom. The van der Waals surface area contributed by atoms with Gasteiger partial charge in [-0.05, 0) is 46.5 Å². The molecule has 1 rings (SSSR count). The van der Waals surface area contributed by atoms with E-state index in [1.807, 2.05) is 0 Å². The lowest BCUT2D eigenvalue weighted by Gasteiger charge is -2.34. The minimum absolute atomic E-state index is 0.161. The smallest absolute Gasteiger partial charge is 0.307 e. The summed E-state index contributed by atoms with van der Waals surface area (Å²) in [4.78, 5) is 0. The first-order valence-electron chi connectivity index (χ1n) is 9.63. The van der Waals surface area contributed by atoms with Crippen LogP contribution < -0.4 is 10.9 Å². The third-order valence-corrected chi connectivity index (χ3v) is 9.81. The minimum atomic E-state index is -3.78. The van der Waals surface area contributed by atoms with Crippen LogP contribution in [0.4, 0.5) is 0 Å². The van der Waals surface area contributed by atoms with Gasteiger partial charge in [-0.1, -0.05) is 19.8 Å². The maximum Gasteiger partial charge on any atom is 0.361 e. The standard InChI is InChI=1S/C16H36N2O6P2/c1-6-21-25(19,22-7-2)16(26(20,23-8-3)24-9-4)18-17-15-12-10-11-14(5)13-15/h14-18H,6-13H2,1-5H3. The Balaban J connectivity index is 3.05. The van der Waals surface area contributed by atoms with Gasteiger partial charge < -0.3 is 18.1 Å². The number of rotatable bonds is 13. The van der Waals surface area contributed by atoms with Crippen molar-refractivity contribution in [2.24, 2.45) is 5.92 Å². The van der Waals surface area contributed by atoms with E-state index in [1.54, 1.807) is 27.7 Å². The zero-order chi connectivity index (χ0) is 19.6. The second kappa shape index (κ2) is 11.9. The summed E-state index contributed by atoms with van der Waals surface area (Å²) in [5.41, 5.74) is 4.91. The summed E-state index contributed by atoms with van der Waals surface area (Å²) in [6.07, 6.45) is 4.30. The minimum Gasteiger partial charge on any atom is -0.307 e. The summed E-state index contributed by atoms with van der Waals surface area (Å²) >= 11 is 0. The van der Waals surface area contributed by atoms with Crippen molar-refractivity contribution >= 4 is 15.2 Å².